The van der Waals surface area contributed by atoms with Crippen molar-refractivity contribution in [3.05, 3.63) is 50.6 Å². The number of amides is 2. The van der Waals surface area contributed by atoms with Crippen LogP contribution in [0.1, 0.15) is 29.4 Å². The normalized spacial score (nSPS) is 15.9. The lowest BCUT2D eigenvalue weighted by atomic mass is 10.1. The quantitative estimate of drug-likeness (QED) is 0.715. The van der Waals surface area contributed by atoms with Gasteiger partial charge in [-0.05, 0) is 47.1 Å². The number of hydrogen-bond acceptors (Lipinski definition) is 4. The number of thiophene rings is 1. The monoisotopic (exact) mass is 472 g/mol. The molecular formula is C19H19BrF2N2O3S. The van der Waals surface area contributed by atoms with Crippen LogP contribution in [0.4, 0.5) is 8.78 Å². The summed E-state index contributed by atoms with van der Waals surface area (Å²) in [6, 6.07) is 6.01. The fraction of sp³-hybridized carbons (Fsp3) is 0.368. The highest BCUT2D eigenvalue weighted by Gasteiger charge is 2.28. The Hall–Kier alpha value is -2.00. The molecule has 3 rings (SSSR count). The minimum atomic E-state index is -0.741. The molecule has 0 spiro atoms. The molecule has 2 heterocycles. The minimum absolute atomic E-state index is 0.00826. The van der Waals surface area contributed by atoms with Gasteiger partial charge in [0.1, 0.15) is 18.0 Å². The molecule has 2 aromatic rings. The maximum Gasteiger partial charge on any atom is 0.262 e. The van der Waals surface area contributed by atoms with Crippen molar-refractivity contribution in [1.82, 2.24) is 10.2 Å². The van der Waals surface area contributed by atoms with Crippen LogP contribution in [0.15, 0.2) is 34.1 Å². The number of hydrogen-bond donors (Lipinski definition) is 1. The second kappa shape index (κ2) is 9.00. The van der Waals surface area contributed by atoms with E-state index in [0.29, 0.717) is 30.8 Å². The van der Waals surface area contributed by atoms with Gasteiger partial charge < -0.3 is 15.0 Å². The van der Waals surface area contributed by atoms with Gasteiger partial charge in [-0.2, -0.15) is 0 Å². The largest absolute Gasteiger partial charge is 0.487 e. The van der Waals surface area contributed by atoms with Crippen LogP contribution < -0.4 is 10.1 Å². The van der Waals surface area contributed by atoms with Crippen molar-refractivity contribution in [1.29, 1.82) is 0 Å². The number of piperidine rings is 1. The maximum absolute atomic E-state index is 13.7. The summed E-state index contributed by atoms with van der Waals surface area (Å²) in [7, 11) is 0. The first-order valence-electron chi connectivity index (χ1n) is 8.80. The summed E-state index contributed by atoms with van der Waals surface area (Å²) in [6.07, 6.45) is 0.805. The third-order valence-corrected chi connectivity index (χ3v) is 6.08. The molecule has 150 valence electrons. The van der Waals surface area contributed by atoms with Crippen molar-refractivity contribution in [3.63, 3.8) is 0 Å². The van der Waals surface area contributed by atoms with Gasteiger partial charge in [0, 0.05) is 32.0 Å². The molecule has 5 nitrogen and oxygen atoms in total. The molecule has 1 aromatic heterocycles. The Morgan fingerprint density at radius 2 is 1.96 bits per heavy atom. The van der Waals surface area contributed by atoms with E-state index in [2.05, 4.69) is 21.2 Å². The lowest BCUT2D eigenvalue weighted by molar-refractivity contribution is -0.134. The van der Waals surface area contributed by atoms with Gasteiger partial charge in [0.2, 0.25) is 5.91 Å². The number of ether oxygens (including phenoxy) is 1. The van der Waals surface area contributed by atoms with Crippen LogP contribution in [0.25, 0.3) is 0 Å². The molecule has 1 saturated heterocycles. The van der Waals surface area contributed by atoms with Crippen LogP contribution in [-0.4, -0.2) is 41.9 Å². The molecule has 0 radical (unpaired) electrons. The maximum atomic E-state index is 13.7. The Balaban J connectivity index is 1.49. The molecule has 1 unspecified atom stereocenters. The van der Waals surface area contributed by atoms with E-state index >= 15 is 0 Å². The van der Waals surface area contributed by atoms with Gasteiger partial charge in [-0.25, -0.2) is 8.78 Å². The van der Waals surface area contributed by atoms with Crippen LogP contribution in [-0.2, 0) is 4.79 Å². The summed E-state index contributed by atoms with van der Waals surface area (Å²) >= 11 is 4.60. The van der Waals surface area contributed by atoms with E-state index in [9.17, 15) is 18.4 Å². The summed E-state index contributed by atoms with van der Waals surface area (Å²) < 4.78 is 33.1. The van der Waals surface area contributed by atoms with E-state index in [1.807, 2.05) is 0 Å². The Bertz CT molecular complexity index is 869. The van der Waals surface area contributed by atoms with Crippen molar-refractivity contribution in [2.45, 2.75) is 31.9 Å². The van der Waals surface area contributed by atoms with E-state index < -0.39 is 17.7 Å². The predicted molar refractivity (Wildman–Crippen MR) is 106 cm³/mol. The molecule has 9 heteroatoms. The van der Waals surface area contributed by atoms with Crippen LogP contribution in [0.5, 0.6) is 5.75 Å². The smallest absolute Gasteiger partial charge is 0.262 e. The Kier molecular flexibility index (Phi) is 6.66. The van der Waals surface area contributed by atoms with Crippen LogP contribution >= 0.6 is 27.3 Å². The van der Waals surface area contributed by atoms with Crippen molar-refractivity contribution in [3.8, 4) is 5.75 Å². The minimum Gasteiger partial charge on any atom is -0.487 e. The number of nitrogens with one attached hydrogen (secondary N) is 1. The number of rotatable bonds is 5. The summed E-state index contributed by atoms with van der Waals surface area (Å²) in [6.45, 7) is 2.54. The van der Waals surface area contributed by atoms with Gasteiger partial charge in [-0.1, -0.05) is 0 Å². The van der Waals surface area contributed by atoms with Gasteiger partial charge in [-0.15, -0.1) is 11.3 Å². The summed E-state index contributed by atoms with van der Waals surface area (Å²) in [5, 5.41) is 2.71. The van der Waals surface area contributed by atoms with Gasteiger partial charge in [0.05, 0.1) is 8.66 Å². The standard InChI is InChI=1S/C19H19BrF2N2O3S/c1-11(23-18(25)16-4-5-17(20)28-16)19(26)24-8-6-13(7-9-24)27-15-3-2-12(21)10-14(15)22/h2-5,10-11,13H,6-9H2,1H3,(H,23,25). The van der Waals surface area contributed by atoms with Gasteiger partial charge in [-0.3, -0.25) is 9.59 Å². The molecule has 1 atom stereocenters. The highest BCUT2D eigenvalue weighted by atomic mass is 79.9. The topological polar surface area (TPSA) is 58.6 Å². The molecule has 0 bridgehead atoms. The zero-order chi connectivity index (χ0) is 20.3. The van der Waals surface area contributed by atoms with E-state index in [1.165, 1.54) is 17.4 Å². The number of nitrogens with zero attached hydrogens (tertiary/aromatic N) is 1. The molecule has 1 aliphatic rings. The first-order chi connectivity index (χ1) is 13.3. The second-order valence-corrected chi connectivity index (χ2v) is 8.98. The number of halogens is 3. The molecule has 1 N–H and O–H groups in total. The average molecular weight is 473 g/mol. The van der Waals surface area contributed by atoms with Gasteiger partial charge in [0.15, 0.2) is 11.6 Å². The Labute approximate surface area is 173 Å². The first-order valence-corrected chi connectivity index (χ1v) is 10.4. The predicted octanol–water partition coefficient (Wildman–Crippen LogP) is 3.98. The lowest BCUT2D eigenvalue weighted by Gasteiger charge is -2.33. The first kappa shape index (κ1) is 20.7. The van der Waals surface area contributed by atoms with Crippen molar-refractivity contribution >= 4 is 39.1 Å². The SMILES string of the molecule is CC(NC(=O)c1ccc(Br)s1)C(=O)N1CCC(Oc2ccc(F)cc2F)CC1. The summed E-state index contributed by atoms with van der Waals surface area (Å²) in [5.74, 6) is -1.85. The fourth-order valence-electron chi connectivity index (χ4n) is 2.98. The van der Waals surface area contributed by atoms with Crippen molar-refractivity contribution in [2.75, 3.05) is 13.1 Å². The van der Waals surface area contributed by atoms with Gasteiger partial charge in [0.25, 0.3) is 5.91 Å². The number of likely N-dealkylation sites (tertiary alicyclic amines) is 1. The summed E-state index contributed by atoms with van der Waals surface area (Å²) in [4.78, 5) is 27.0. The van der Waals surface area contributed by atoms with Crippen molar-refractivity contribution < 1.29 is 23.1 Å². The molecule has 2 amide bonds. The lowest BCUT2D eigenvalue weighted by Crippen LogP contribution is -2.50. The Morgan fingerprint density at radius 1 is 1.25 bits per heavy atom. The molecular weight excluding hydrogens is 454 g/mol. The highest BCUT2D eigenvalue weighted by Crippen LogP contribution is 2.24. The third-order valence-electron chi connectivity index (χ3n) is 4.46. The van der Waals surface area contributed by atoms with Gasteiger partial charge >= 0.3 is 0 Å². The molecule has 1 aliphatic heterocycles. The highest BCUT2D eigenvalue weighted by molar-refractivity contribution is 9.11. The molecule has 28 heavy (non-hydrogen) atoms. The average Bonchev–Trinajstić information content (AvgIpc) is 3.10. The number of carbonyl (C=O) groups excluding carboxylic acids is 2. The van der Waals surface area contributed by atoms with Crippen molar-refractivity contribution in [2.24, 2.45) is 0 Å². The van der Waals surface area contributed by atoms with E-state index in [4.69, 9.17) is 4.74 Å². The second-order valence-electron chi connectivity index (χ2n) is 6.52. The fourth-order valence-corrected chi connectivity index (χ4v) is 4.27. The number of benzene rings is 1. The molecule has 0 saturated carbocycles. The molecule has 1 fully saturated rings. The molecule has 1 aromatic carbocycles. The van der Waals surface area contributed by atoms with Crippen LogP contribution in [0.2, 0.25) is 0 Å². The number of carbonyl (C=O) groups is 2. The summed E-state index contributed by atoms with van der Waals surface area (Å²) in [5.41, 5.74) is 0. The van der Waals surface area contributed by atoms with E-state index in [0.717, 1.165) is 15.9 Å². The van der Waals surface area contributed by atoms with Crippen LogP contribution in [0.3, 0.4) is 0 Å². The third kappa shape index (κ3) is 5.08. The zero-order valence-corrected chi connectivity index (χ0v) is 17.5. The Morgan fingerprint density at radius 3 is 2.57 bits per heavy atom. The zero-order valence-electron chi connectivity index (χ0n) is 15.1. The molecule has 0 aliphatic carbocycles. The van der Waals surface area contributed by atoms with E-state index in [1.54, 1.807) is 24.0 Å². The van der Waals surface area contributed by atoms with Crippen LogP contribution in [0, 0.1) is 11.6 Å². The van der Waals surface area contributed by atoms with E-state index in [-0.39, 0.29) is 23.7 Å².